The Labute approximate surface area is 298 Å². The van der Waals surface area contributed by atoms with E-state index in [0.29, 0.717) is 24.3 Å². The Morgan fingerprint density at radius 3 is 2.18 bits per heavy atom. The molecule has 0 aromatic heterocycles. The number of amides is 3. The van der Waals surface area contributed by atoms with Gasteiger partial charge >= 0.3 is 0 Å². The maximum absolute atomic E-state index is 13.7. The summed E-state index contributed by atoms with van der Waals surface area (Å²) >= 11 is 0. The lowest BCUT2D eigenvalue weighted by atomic mass is 9.61. The third-order valence-electron chi connectivity index (χ3n) is 12.9. The zero-order valence-electron chi connectivity index (χ0n) is 32.2. The van der Waals surface area contributed by atoms with Gasteiger partial charge in [0.05, 0.1) is 17.1 Å². The number of carbonyl (C=O) groups excluding carboxylic acids is 3. The van der Waals surface area contributed by atoms with Gasteiger partial charge in [-0.1, -0.05) is 103 Å². The van der Waals surface area contributed by atoms with Crippen LogP contribution in [-0.2, 0) is 14.4 Å². The first kappa shape index (κ1) is 39.6. The van der Waals surface area contributed by atoms with Crippen molar-refractivity contribution in [3.63, 3.8) is 0 Å². The summed E-state index contributed by atoms with van der Waals surface area (Å²) in [5.74, 6) is 1.07. The van der Waals surface area contributed by atoms with E-state index >= 15 is 0 Å². The molecule has 4 fully saturated rings. The minimum Gasteiger partial charge on any atom is -0.393 e. The Bertz CT molecular complexity index is 1190. The molecular formula is C42H71N3O4. The number of hydrogen-bond donors (Lipinski definition) is 4. The van der Waals surface area contributed by atoms with Crippen LogP contribution in [0.1, 0.15) is 164 Å². The van der Waals surface area contributed by atoms with E-state index in [2.05, 4.69) is 48.9 Å². The predicted molar refractivity (Wildman–Crippen MR) is 200 cm³/mol. The zero-order chi connectivity index (χ0) is 35.8. The summed E-state index contributed by atoms with van der Waals surface area (Å²) in [6.07, 6.45) is 23.6. The highest BCUT2D eigenvalue weighted by Gasteiger charge is 2.52. The zero-order valence-corrected chi connectivity index (χ0v) is 32.2. The highest BCUT2D eigenvalue weighted by Crippen LogP contribution is 2.59. The summed E-state index contributed by atoms with van der Waals surface area (Å²) in [7, 11) is 0. The summed E-state index contributed by atoms with van der Waals surface area (Å²) < 4.78 is 0. The van der Waals surface area contributed by atoms with Gasteiger partial charge in [0.2, 0.25) is 17.7 Å². The molecule has 0 aliphatic heterocycles. The lowest BCUT2D eigenvalue weighted by Crippen LogP contribution is -2.56. The van der Waals surface area contributed by atoms with Gasteiger partial charge in [-0.25, -0.2) is 0 Å². The van der Waals surface area contributed by atoms with Gasteiger partial charge in [-0.3, -0.25) is 14.4 Å². The Kier molecular flexibility index (Phi) is 14.1. The van der Waals surface area contributed by atoms with E-state index in [1.807, 2.05) is 27.7 Å². The van der Waals surface area contributed by atoms with E-state index in [1.54, 1.807) is 0 Å². The minimum atomic E-state index is -0.862. The van der Waals surface area contributed by atoms with Gasteiger partial charge in [0.1, 0.15) is 0 Å². The number of aliphatic hydroxyl groups excluding tert-OH is 1. The molecule has 7 nitrogen and oxygen atoms in total. The molecule has 278 valence electrons. The largest absolute Gasteiger partial charge is 0.393 e. The standard InChI is InChI=1S/C42H71N3O4/c1-29-19-22-34(46)26-32(29)21-20-31-16-15-25-42(7)35(23-24-36(31)42)30(2)38(48)43-28-41(5,6)45-39(49)40(3,4)27-37(47)44-33-17-13-11-9-8-10-12-14-18-33/h20-21,29-30,33-36,46H,8-19,22-28H2,1-7H3,(H,43,48)(H,44,47)(H,45,49)/b31-20+,32-21-/t29?,30-,34-,35?,36?,42+/m0/s1. The minimum absolute atomic E-state index is 0.0507. The van der Waals surface area contributed by atoms with Crippen molar-refractivity contribution in [2.45, 2.75) is 182 Å². The molecule has 7 heteroatoms. The van der Waals surface area contributed by atoms with Gasteiger partial charge < -0.3 is 21.1 Å². The molecule has 4 rings (SSSR count). The average Bonchev–Trinajstić information content (AvgIpc) is 3.40. The molecule has 0 heterocycles. The number of nitrogens with one attached hydrogen (secondary N) is 3. The smallest absolute Gasteiger partial charge is 0.226 e. The van der Waals surface area contributed by atoms with Gasteiger partial charge in [-0.2, -0.15) is 0 Å². The Balaban J connectivity index is 1.28. The van der Waals surface area contributed by atoms with E-state index in [1.165, 1.54) is 43.3 Å². The molecule has 0 aromatic rings. The first-order valence-electron chi connectivity index (χ1n) is 20.1. The van der Waals surface area contributed by atoms with Gasteiger partial charge in [0, 0.05) is 24.9 Å². The second-order valence-electron chi connectivity index (χ2n) is 18.1. The number of carbonyl (C=O) groups is 3. The molecule has 4 aliphatic rings. The maximum Gasteiger partial charge on any atom is 0.226 e. The molecule has 0 radical (unpaired) electrons. The first-order chi connectivity index (χ1) is 23.1. The molecule has 0 aromatic carbocycles. The van der Waals surface area contributed by atoms with Crippen LogP contribution in [0.2, 0.25) is 0 Å². The fourth-order valence-corrected chi connectivity index (χ4v) is 9.64. The van der Waals surface area contributed by atoms with Gasteiger partial charge in [0.15, 0.2) is 0 Å². The molecule has 0 spiro atoms. The van der Waals surface area contributed by atoms with Crippen molar-refractivity contribution in [1.29, 1.82) is 0 Å². The molecule has 0 bridgehead atoms. The molecule has 3 amide bonds. The van der Waals surface area contributed by atoms with Crippen LogP contribution in [0.15, 0.2) is 23.3 Å². The van der Waals surface area contributed by atoms with Crippen molar-refractivity contribution in [3.8, 4) is 0 Å². The van der Waals surface area contributed by atoms with E-state index in [0.717, 1.165) is 77.0 Å². The lowest BCUT2D eigenvalue weighted by molar-refractivity contribution is -0.136. The van der Waals surface area contributed by atoms with E-state index in [9.17, 15) is 19.5 Å². The molecule has 4 aliphatic carbocycles. The predicted octanol–water partition coefficient (Wildman–Crippen LogP) is 8.31. The Morgan fingerprint density at radius 1 is 0.878 bits per heavy atom. The normalized spacial score (nSPS) is 31.5. The highest BCUT2D eigenvalue weighted by molar-refractivity contribution is 5.89. The molecule has 6 atom stereocenters. The average molecular weight is 682 g/mol. The van der Waals surface area contributed by atoms with E-state index in [4.69, 9.17) is 0 Å². The second-order valence-corrected chi connectivity index (χ2v) is 18.1. The van der Waals surface area contributed by atoms with Crippen molar-refractivity contribution >= 4 is 17.7 Å². The monoisotopic (exact) mass is 682 g/mol. The van der Waals surface area contributed by atoms with Crippen molar-refractivity contribution in [2.24, 2.45) is 34.5 Å². The van der Waals surface area contributed by atoms with E-state index < -0.39 is 11.0 Å². The van der Waals surface area contributed by atoms with Gasteiger partial charge in [0.25, 0.3) is 0 Å². The van der Waals surface area contributed by atoms with Crippen LogP contribution in [0.25, 0.3) is 0 Å². The number of fused-ring (bicyclic) bond motifs is 1. The molecular weight excluding hydrogens is 610 g/mol. The van der Waals surface area contributed by atoms with Crippen LogP contribution in [0.3, 0.4) is 0 Å². The summed E-state index contributed by atoms with van der Waals surface area (Å²) in [6, 6.07) is 0.199. The molecule has 4 N–H and O–H groups in total. The summed E-state index contributed by atoms with van der Waals surface area (Å²) in [5, 5.41) is 19.8. The molecule has 3 unspecified atom stereocenters. The SMILES string of the molecule is CC1CC[C@H](O)C/C1=C/C=C1\CCC[C@@]2(C)C1CCC2[C@H](C)C(=O)NCC(C)(C)NC(=O)C(C)(C)CC(=O)NC1CCCCCCCCC1. The third-order valence-corrected chi connectivity index (χ3v) is 12.9. The summed E-state index contributed by atoms with van der Waals surface area (Å²) in [6.45, 7) is 14.7. The van der Waals surface area contributed by atoms with Crippen LogP contribution >= 0.6 is 0 Å². The third kappa shape index (κ3) is 10.9. The second kappa shape index (κ2) is 17.4. The van der Waals surface area contributed by atoms with Gasteiger partial charge in [-0.05, 0) is 101 Å². The lowest BCUT2D eigenvalue weighted by Gasteiger charge is -2.44. The van der Waals surface area contributed by atoms with Crippen LogP contribution < -0.4 is 16.0 Å². The quantitative estimate of drug-likeness (QED) is 0.186. The van der Waals surface area contributed by atoms with Crippen molar-refractivity contribution < 1.29 is 19.5 Å². The fourth-order valence-electron chi connectivity index (χ4n) is 9.64. The van der Waals surface area contributed by atoms with Crippen LogP contribution in [0.5, 0.6) is 0 Å². The first-order valence-corrected chi connectivity index (χ1v) is 20.1. The Hall–Kier alpha value is -2.15. The molecule has 49 heavy (non-hydrogen) atoms. The van der Waals surface area contributed by atoms with Gasteiger partial charge in [-0.15, -0.1) is 0 Å². The topological polar surface area (TPSA) is 108 Å². The number of allylic oxidation sites excluding steroid dienone is 3. The number of rotatable bonds is 10. The molecule has 4 saturated carbocycles. The summed E-state index contributed by atoms with van der Waals surface area (Å²) in [5.41, 5.74) is 1.48. The van der Waals surface area contributed by atoms with Crippen LogP contribution in [-0.4, -0.2) is 47.1 Å². The van der Waals surface area contributed by atoms with Crippen molar-refractivity contribution in [3.05, 3.63) is 23.3 Å². The summed E-state index contributed by atoms with van der Waals surface area (Å²) in [4.78, 5) is 40.2. The highest BCUT2D eigenvalue weighted by atomic mass is 16.3. The molecule has 0 saturated heterocycles. The maximum atomic E-state index is 13.7. The van der Waals surface area contributed by atoms with Crippen molar-refractivity contribution in [1.82, 2.24) is 16.0 Å². The number of hydrogen-bond acceptors (Lipinski definition) is 4. The Morgan fingerprint density at radius 2 is 1.51 bits per heavy atom. The number of aliphatic hydroxyl groups is 1. The van der Waals surface area contributed by atoms with E-state index in [-0.39, 0.29) is 47.6 Å². The van der Waals surface area contributed by atoms with Crippen molar-refractivity contribution in [2.75, 3.05) is 6.54 Å². The van der Waals surface area contributed by atoms with Crippen LogP contribution in [0, 0.1) is 34.5 Å². The fraction of sp³-hybridized carbons (Fsp3) is 0.833. The van der Waals surface area contributed by atoms with Crippen LogP contribution in [0.4, 0.5) is 0 Å².